The summed E-state index contributed by atoms with van der Waals surface area (Å²) in [5, 5.41) is 3.04. The molecule has 5 nitrogen and oxygen atoms in total. The number of nitrogens with zero attached hydrogens (tertiary/aromatic N) is 1. The molecule has 2 fully saturated rings. The first kappa shape index (κ1) is 17.4. The summed E-state index contributed by atoms with van der Waals surface area (Å²) in [6, 6.07) is 6.11. The highest BCUT2D eigenvalue weighted by Crippen LogP contribution is 2.37. The van der Waals surface area contributed by atoms with Crippen LogP contribution in [0.2, 0.25) is 0 Å². The molecule has 24 heavy (non-hydrogen) atoms. The van der Waals surface area contributed by atoms with Crippen LogP contribution in [0, 0.1) is 13.8 Å². The Bertz CT molecular complexity index is 596. The molecule has 2 aliphatic heterocycles. The Labute approximate surface area is 144 Å². The fourth-order valence-electron chi connectivity index (χ4n) is 3.87. The van der Waals surface area contributed by atoms with Crippen molar-refractivity contribution in [2.45, 2.75) is 44.8 Å². The Hall–Kier alpha value is -1.43. The van der Waals surface area contributed by atoms with Crippen LogP contribution in [-0.4, -0.2) is 55.9 Å². The minimum atomic E-state index is -0.130. The van der Waals surface area contributed by atoms with Crippen molar-refractivity contribution in [3.63, 3.8) is 0 Å². The van der Waals surface area contributed by atoms with Gasteiger partial charge in [-0.05, 0) is 50.3 Å². The van der Waals surface area contributed by atoms with Gasteiger partial charge in [-0.3, -0.25) is 9.69 Å². The van der Waals surface area contributed by atoms with E-state index >= 15 is 0 Å². The van der Waals surface area contributed by atoms with E-state index in [-0.39, 0.29) is 17.6 Å². The topological polar surface area (TPSA) is 50.8 Å². The van der Waals surface area contributed by atoms with Crippen molar-refractivity contribution in [3.8, 4) is 0 Å². The summed E-state index contributed by atoms with van der Waals surface area (Å²) < 4.78 is 11.7. The van der Waals surface area contributed by atoms with Crippen molar-refractivity contribution in [2.24, 2.45) is 0 Å². The van der Waals surface area contributed by atoms with Gasteiger partial charge in [-0.1, -0.05) is 12.1 Å². The lowest BCUT2D eigenvalue weighted by Crippen LogP contribution is -2.57. The van der Waals surface area contributed by atoms with Crippen LogP contribution in [0.5, 0.6) is 0 Å². The molecule has 3 rings (SSSR count). The van der Waals surface area contributed by atoms with Gasteiger partial charge in [0.15, 0.2) is 0 Å². The molecular formula is C19H28N2O3. The summed E-state index contributed by atoms with van der Waals surface area (Å²) in [7, 11) is 1.74. The second-order valence-electron chi connectivity index (χ2n) is 7.09. The standard InChI is InChI=1S/C19H28N2O3/c1-14-5-6-15(2)16(11-14)20-18(22)13-21-9-8-19(7-4-10-24-19)17(12-21)23-3/h5-6,11,17H,4,7-10,12-13H2,1-3H3,(H,20,22)/t17-,19-/m0/s1. The molecule has 5 heteroatoms. The predicted octanol–water partition coefficient (Wildman–Crippen LogP) is 2.51. The minimum Gasteiger partial charge on any atom is -0.377 e. The number of rotatable bonds is 4. The van der Waals surface area contributed by atoms with Crippen LogP contribution in [0.3, 0.4) is 0 Å². The van der Waals surface area contributed by atoms with Crippen LogP contribution < -0.4 is 5.32 Å². The summed E-state index contributed by atoms with van der Waals surface area (Å²) in [5.41, 5.74) is 3.00. The molecule has 2 heterocycles. The van der Waals surface area contributed by atoms with Crippen LogP contribution in [0.15, 0.2) is 18.2 Å². The highest BCUT2D eigenvalue weighted by atomic mass is 16.5. The zero-order valence-electron chi connectivity index (χ0n) is 14.9. The third-order valence-electron chi connectivity index (χ3n) is 5.31. The maximum Gasteiger partial charge on any atom is 0.238 e. The Kier molecular flexibility index (Phi) is 5.23. The lowest BCUT2D eigenvalue weighted by atomic mass is 9.86. The normalized spacial score (nSPS) is 27.5. The molecule has 2 atom stereocenters. The molecule has 1 N–H and O–H groups in total. The number of hydrogen-bond acceptors (Lipinski definition) is 4. The maximum atomic E-state index is 12.4. The zero-order valence-corrected chi connectivity index (χ0v) is 14.9. The summed E-state index contributed by atoms with van der Waals surface area (Å²) in [6.07, 6.45) is 3.14. The molecule has 1 aromatic carbocycles. The van der Waals surface area contributed by atoms with Crippen molar-refractivity contribution in [2.75, 3.05) is 38.7 Å². The summed E-state index contributed by atoms with van der Waals surface area (Å²) in [4.78, 5) is 14.6. The maximum absolute atomic E-state index is 12.4. The van der Waals surface area contributed by atoms with Crippen LogP contribution in [0.4, 0.5) is 5.69 Å². The van der Waals surface area contributed by atoms with Crippen molar-refractivity contribution < 1.29 is 14.3 Å². The quantitative estimate of drug-likeness (QED) is 0.920. The molecule has 1 spiro atoms. The number of anilines is 1. The first-order valence-electron chi connectivity index (χ1n) is 8.79. The average Bonchev–Trinajstić information content (AvgIpc) is 3.02. The van der Waals surface area contributed by atoms with E-state index in [2.05, 4.69) is 16.3 Å². The van der Waals surface area contributed by atoms with Crippen LogP contribution >= 0.6 is 0 Å². The van der Waals surface area contributed by atoms with Crippen molar-refractivity contribution in [1.29, 1.82) is 0 Å². The Morgan fingerprint density at radius 2 is 2.25 bits per heavy atom. The molecular weight excluding hydrogens is 304 g/mol. The van der Waals surface area contributed by atoms with Gasteiger partial charge in [0.25, 0.3) is 0 Å². The van der Waals surface area contributed by atoms with E-state index in [0.29, 0.717) is 6.54 Å². The van der Waals surface area contributed by atoms with Crippen LogP contribution in [0.25, 0.3) is 0 Å². The number of carbonyl (C=O) groups is 1. The van der Waals surface area contributed by atoms with Gasteiger partial charge in [0.05, 0.1) is 18.2 Å². The fraction of sp³-hybridized carbons (Fsp3) is 0.632. The predicted molar refractivity (Wildman–Crippen MR) is 94.3 cm³/mol. The third-order valence-corrected chi connectivity index (χ3v) is 5.31. The van der Waals surface area contributed by atoms with Gasteiger partial charge in [-0.15, -0.1) is 0 Å². The third kappa shape index (κ3) is 3.63. The largest absolute Gasteiger partial charge is 0.377 e. The molecule has 2 aliphatic rings. The number of aryl methyl sites for hydroxylation is 2. The molecule has 0 aromatic heterocycles. The number of piperidine rings is 1. The highest BCUT2D eigenvalue weighted by molar-refractivity contribution is 5.93. The number of amides is 1. The van der Waals surface area contributed by atoms with Crippen molar-refractivity contribution in [3.05, 3.63) is 29.3 Å². The molecule has 1 amide bonds. The van der Waals surface area contributed by atoms with E-state index in [0.717, 1.165) is 55.8 Å². The summed E-state index contributed by atoms with van der Waals surface area (Å²) in [6.45, 7) is 6.88. The van der Waals surface area contributed by atoms with Gasteiger partial charge in [0, 0.05) is 32.5 Å². The first-order chi connectivity index (χ1) is 11.5. The van der Waals surface area contributed by atoms with E-state index in [4.69, 9.17) is 9.47 Å². The fourth-order valence-corrected chi connectivity index (χ4v) is 3.87. The monoisotopic (exact) mass is 332 g/mol. The van der Waals surface area contributed by atoms with Crippen LogP contribution in [0.1, 0.15) is 30.4 Å². The van der Waals surface area contributed by atoms with E-state index < -0.39 is 0 Å². The first-order valence-corrected chi connectivity index (χ1v) is 8.79. The van der Waals surface area contributed by atoms with Gasteiger partial charge >= 0.3 is 0 Å². The van der Waals surface area contributed by atoms with Gasteiger partial charge in [0.2, 0.25) is 5.91 Å². The number of methoxy groups -OCH3 is 1. The van der Waals surface area contributed by atoms with Crippen molar-refractivity contribution in [1.82, 2.24) is 4.90 Å². The summed E-state index contributed by atoms with van der Waals surface area (Å²) >= 11 is 0. The Morgan fingerprint density at radius 1 is 1.42 bits per heavy atom. The van der Waals surface area contributed by atoms with Crippen molar-refractivity contribution >= 4 is 11.6 Å². The number of nitrogens with one attached hydrogen (secondary N) is 1. The number of hydrogen-bond donors (Lipinski definition) is 1. The Balaban J connectivity index is 1.58. The van der Waals surface area contributed by atoms with E-state index in [1.54, 1.807) is 7.11 Å². The molecule has 132 valence electrons. The molecule has 0 aliphatic carbocycles. The second kappa shape index (κ2) is 7.21. The highest BCUT2D eigenvalue weighted by Gasteiger charge is 2.46. The van der Waals surface area contributed by atoms with Crippen LogP contribution in [-0.2, 0) is 14.3 Å². The SMILES string of the molecule is CO[C@H]1CN(CC(=O)Nc2cc(C)ccc2C)CC[C@@]12CCCO2. The van der Waals surface area contributed by atoms with Gasteiger partial charge in [-0.2, -0.15) is 0 Å². The van der Waals surface area contributed by atoms with Gasteiger partial charge < -0.3 is 14.8 Å². The lowest BCUT2D eigenvalue weighted by molar-refractivity contribution is -0.145. The minimum absolute atomic E-state index is 0.0295. The second-order valence-corrected chi connectivity index (χ2v) is 7.09. The number of ether oxygens (including phenoxy) is 2. The van der Waals surface area contributed by atoms with Gasteiger partial charge in [0.1, 0.15) is 0 Å². The zero-order chi connectivity index (χ0) is 17.2. The summed E-state index contributed by atoms with van der Waals surface area (Å²) in [5.74, 6) is 0.0295. The molecule has 0 unspecified atom stereocenters. The number of likely N-dealkylation sites (tertiary alicyclic amines) is 1. The molecule has 1 aromatic rings. The van der Waals surface area contributed by atoms with Gasteiger partial charge in [-0.25, -0.2) is 0 Å². The lowest BCUT2D eigenvalue weighted by Gasteiger charge is -2.44. The van der Waals surface area contributed by atoms with E-state index in [9.17, 15) is 4.79 Å². The van der Waals surface area contributed by atoms with E-state index in [1.807, 2.05) is 26.0 Å². The molecule has 0 bridgehead atoms. The van der Waals surface area contributed by atoms with E-state index in [1.165, 1.54) is 0 Å². The molecule has 0 saturated carbocycles. The number of benzene rings is 1. The molecule has 2 saturated heterocycles. The Morgan fingerprint density at radius 3 is 2.96 bits per heavy atom. The smallest absolute Gasteiger partial charge is 0.238 e. The average molecular weight is 332 g/mol. The number of carbonyl (C=O) groups excluding carboxylic acids is 1. The molecule has 0 radical (unpaired) electrons.